The third-order valence-electron chi connectivity index (χ3n) is 4.94. The molecule has 1 aromatic rings. The van der Waals surface area contributed by atoms with Crippen LogP contribution in [0.25, 0.3) is 0 Å². The van der Waals surface area contributed by atoms with Gasteiger partial charge in [0.2, 0.25) is 0 Å². The fourth-order valence-electron chi connectivity index (χ4n) is 3.45. The molecule has 0 unspecified atom stereocenters. The first-order chi connectivity index (χ1) is 11.1. The number of allylic oxidation sites excluding steroid dienone is 2. The number of hydrogen-bond acceptors (Lipinski definition) is 0. The van der Waals surface area contributed by atoms with E-state index in [1.807, 2.05) is 0 Å². The number of aryl methyl sites for hydroxylation is 1. The minimum atomic E-state index is -1.37. The van der Waals surface area contributed by atoms with Crippen LogP contribution in [-0.4, -0.2) is 0 Å². The predicted molar refractivity (Wildman–Crippen MR) is 88.8 cm³/mol. The molecule has 0 aliphatic heterocycles. The Balaban J connectivity index is 1.72. The highest BCUT2D eigenvalue weighted by Crippen LogP contribution is 2.33. The highest BCUT2D eigenvalue weighted by molar-refractivity contribution is 5.19. The van der Waals surface area contributed by atoms with Crippen molar-refractivity contribution in [3.05, 3.63) is 47.3 Å². The van der Waals surface area contributed by atoms with Crippen molar-refractivity contribution in [1.29, 1.82) is 0 Å². The van der Waals surface area contributed by atoms with E-state index in [9.17, 15) is 13.2 Å². The highest BCUT2D eigenvalue weighted by atomic mass is 19.2. The number of hydrogen-bond donors (Lipinski definition) is 0. The molecule has 23 heavy (non-hydrogen) atoms. The van der Waals surface area contributed by atoms with Gasteiger partial charge in [-0.2, -0.15) is 0 Å². The number of benzene rings is 1. The molecule has 0 N–H and O–H groups in total. The Morgan fingerprint density at radius 3 is 2.17 bits per heavy atom. The van der Waals surface area contributed by atoms with Gasteiger partial charge < -0.3 is 0 Å². The predicted octanol–water partition coefficient (Wildman–Crippen LogP) is 6.59. The second-order valence-electron chi connectivity index (χ2n) is 6.79. The summed E-state index contributed by atoms with van der Waals surface area (Å²) in [7, 11) is 0. The summed E-state index contributed by atoms with van der Waals surface area (Å²) in [5.41, 5.74) is 0.561. The van der Waals surface area contributed by atoms with E-state index in [-0.39, 0.29) is 0 Å². The minimum absolute atomic E-state index is 0.561. The van der Waals surface area contributed by atoms with Crippen LogP contribution in [0.5, 0.6) is 0 Å². The molecule has 0 atom stereocenters. The smallest absolute Gasteiger partial charge is 0.194 e. The maximum Gasteiger partial charge on any atom is 0.194 e. The van der Waals surface area contributed by atoms with E-state index in [0.717, 1.165) is 24.5 Å². The molecule has 0 saturated heterocycles. The molecule has 0 aromatic heterocycles. The average Bonchev–Trinajstić information content (AvgIpc) is 2.55. The van der Waals surface area contributed by atoms with Gasteiger partial charge in [-0.15, -0.1) is 0 Å². The minimum Gasteiger partial charge on any atom is -0.204 e. The van der Waals surface area contributed by atoms with Crippen LogP contribution in [-0.2, 0) is 6.42 Å². The van der Waals surface area contributed by atoms with Gasteiger partial charge in [0.05, 0.1) is 0 Å². The van der Waals surface area contributed by atoms with E-state index < -0.39 is 17.5 Å². The maximum absolute atomic E-state index is 13.2. The second-order valence-corrected chi connectivity index (χ2v) is 6.79. The zero-order valence-electron chi connectivity index (χ0n) is 14.0. The zero-order chi connectivity index (χ0) is 16.7. The standard InChI is InChI=1S/C20H27F3/c1-2-3-4-5-6-15-7-9-16(10-8-15)11-12-17-13-18(21)20(23)19(22)14-17/h4-5,13-16H,2-3,6-12H2,1H3/b5-4+. The van der Waals surface area contributed by atoms with Gasteiger partial charge in [0.25, 0.3) is 0 Å². The number of unbranched alkanes of at least 4 members (excludes halogenated alkanes) is 1. The van der Waals surface area contributed by atoms with Crippen LogP contribution in [0.3, 0.4) is 0 Å². The van der Waals surface area contributed by atoms with Crippen LogP contribution in [0.4, 0.5) is 13.2 Å². The molecule has 0 heterocycles. The lowest BCUT2D eigenvalue weighted by Gasteiger charge is -2.28. The third-order valence-corrected chi connectivity index (χ3v) is 4.94. The first-order valence-corrected chi connectivity index (χ1v) is 8.88. The van der Waals surface area contributed by atoms with Crippen molar-refractivity contribution in [3.63, 3.8) is 0 Å². The Hall–Kier alpha value is -1.25. The van der Waals surface area contributed by atoms with Gasteiger partial charge in [-0.25, -0.2) is 13.2 Å². The Morgan fingerprint density at radius 1 is 0.957 bits per heavy atom. The van der Waals surface area contributed by atoms with Crippen LogP contribution < -0.4 is 0 Å². The van der Waals surface area contributed by atoms with Crippen molar-refractivity contribution < 1.29 is 13.2 Å². The molecule has 1 aromatic carbocycles. The number of rotatable bonds is 7. The third kappa shape index (κ3) is 5.71. The Labute approximate surface area is 137 Å². The molecule has 1 aliphatic carbocycles. The second kappa shape index (κ2) is 9.14. The largest absolute Gasteiger partial charge is 0.204 e. The lowest BCUT2D eigenvalue weighted by molar-refractivity contribution is 0.265. The lowest BCUT2D eigenvalue weighted by Crippen LogP contribution is -2.14. The molecule has 2 rings (SSSR count). The van der Waals surface area contributed by atoms with Gasteiger partial charge >= 0.3 is 0 Å². The van der Waals surface area contributed by atoms with Crippen LogP contribution in [0.1, 0.15) is 63.9 Å². The summed E-state index contributed by atoms with van der Waals surface area (Å²) in [6.07, 6.45) is 14.6. The quantitative estimate of drug-likeness (QED) is 0.392. The van der Waals surface area contributed by atoms with E-state index in [1.54, 1.807) is 0 Å². The van der Waals surface area contributed by atoms with Crippen molar-refractivity contribution in [2.24, 2.45) is 11.8 Å². The van der Waals surface area contributed by atoms with Gasteiger partial charge in [-0.1, -0.05) is 38.3 Å². The summed E-state index contributed by atoms with van der Waals surface area (Å²) < 4.78 is 39.4. The molecule has 1 fully saturated rings. The number of halogens is 3. The van der Waals surface area contributed by atoms with E-state index >= 15 is 0 Å². The van der Waals surface area contributed by atoms with Crippen molar-refractivity contribution in [3.8, 4) is 0 Å². The molecule has 0 nitrogen and oxygen atoms in total. The molecular formula is C20H27F3. The summed E-state index contributed by atoms with van der Waals surface area (Å²) in [5.74, 6) is -2.11. The Kier molecular flexibility index (Phi) is 7.19. The first kappa shape index (κ1) is 18.1. The fraction of sp³-hybridized carbons (Fsp3) is 0.600. The van der Waals surface area contributed by atoms with Crippen molar-refractivity contribution in [2.75, 3.05) is 0 Å². The van der Waals surface area contributed by atoms with Gasteiger partial charge in [0.1, 0.15) is 0 Å². The lowest BCUT2D eigenvalue weighted by atomic mass is 9.78. The van der Waals surface area contributed by atoms with E-state index in [0.29, 0.717) is 17.9 Å². The zero-order valence-corrected chi connectivity index (χ0v) is 14.0. The molecule has 0 radical (unpaired) electrons. The molecule has 1 saturated carbocycles. The van der Waals surface area contributed by atoms with Crippen LogP contribution in [0, 0.1) is 29.3 Å². The molecule has 0 spiro atoms. The SMILES string of the molecule is CCC/C=C/CC1CCC(CCc2cc(F)c(F)c(F)c2)CC1. The van der Waals surface area contributed by atoms with Gasteiger partial charge in [-0.3, -0.25) is 0 Å². The maximum atomic E-state index is 13.2. The van der Waals surface area contributed by atoms with Gasteiger partial charge in [0, 0.05) is 0 Å². The highest BCUT2D eigenvalue weighted by Gasteiger charge is 2.20. The van der Waals surface area contributed by atoms with E-state index in [2.05, 4.69) is 19.1 Å². The average molecular weight is 324 g/mol. The van der Waals surface area contributed by atoms with Gasteiger partial charge in [0.15, 0.2) is 17.5 Å². The monoisotopic (exact) mass is 324 g/mol. The summed E-state index contributed by atoms with van der Waals surface area (Å²) in [5, 5.41) is 0. The first-order valence-electron chi connectivity index (χ1n) is 8.88. The van der Waals surface area contributed by atoms with Crippen LogP contribution >= 0.6 is 0 Å². The van der Waals surface area contributed by atoms with Gasteiger partial charge in [-0.05, 0) is 68.1 Å². The van der Waals surface area contributed by atoms with Crippen molar-refractivity contribution >= 4 is 0 Å². The molecule has 128 valence electrons. The normalized spacial score (nSPS) is 21.9. The topological polar surface area (TPSA) is 0 Å². The molecule has 0 amide bonds. The van der Waals surface area contributed by atoms with E-state index in [1.165, 1.54) is 44.9 Å². The molecule has 1 aliphatic rings. The molecule has 0 bridgehead atoms. The van der Waals surface area contributed by atoms with Crippen molar-refractivity contribution in [1.82, 2.24) is 0 Å². The summed E-state index contributed by atoms with van der Waals surface area (Å²) >= 11 is 0. The summed E-state index contributed by atoms with van der Waals surface area (Å²) in [6.45, 7) is 2.19. The van der Waals surface area contributed by atoms with Crippen LogP contribution in [0.15, 0.2) is 24.3 Å². The summed E-state index contributed by atoms with van der Waals surface area (Å²) in [6, 6.07) is 2.26. The van der Waals surface area contributed by atoms with Crippen LogP contribution in [0.2, 0.25) is 0 Å². The fourth-order valence-corrected chi connectivity index (χ4v) is 3.45. The molecular weight excluding hydrogens is 297 g/mol. The Morgan fingerprint density at radius 2 is 1.57 bits per heavy atom. The van der Waals surface area contributed by atoms with E-state index in [4.69, 9.17) is 0 Å². The molecule has 3 heteroatoms. The summed E-state index contributed by atoms with van der Waals surface area (Å²) in [4.78, 5) is 0. The Bertz CT molecular complexity index is 491. The van der Waals surface area contributed by atoms with Crippen molar-refractivity contribution in [2.45, 2.75) is 64.7 Å².